The number of rotatable bonds is 3. The van der Waals surface area contributed by atoms with Crippen molar-refractivity contribution in [2.45, 2.75) is 18.9 Å². The fourth-order valence-electron chi connectivity index (χ4n) is 1.77. The van der Waals surface area contributed by atoms with Crippen LogP contribution in [0.15, 0.2) is 18.2 Å². The third-order valence-corrected chi connectivity index (χ3v) is 3.24. The highest BCUT2D eigenvalue weighted by Crippen LogP contribution is 2.29. The SMILES string of the molecule is CSCCC1CC(=O)c2cc(F)ccc2O1. The van der Waals surface area contributed by atoms with Crippen molar-refractivity contribution in [1.29, 1.82) is 0 Å². The topological polar surface area (TPSA) is 26.3 Å². The average molecular weight is 240 g/mol. The summed E-state index contributed by atoms with van der Waals surface area (Å²) in [7, 11) is 0. The van der Waals surface area contributed by atoms with Gasteiger partial charge in [0.05, 0.1) is 5.56 Å². The second-order valence-corrected chi connectivity index (χ2v) is 4.77. The molecule has 1 aliphatic rings. The van der Waals surface area contributed by atoms with E-state index >= 15 is 0 Å². The molecule has 1 heterocycles. The second-order valence-electron chi connectivity index (χ2n) is 3.79. The standard InChI is InChI=1S/C12H13FO2S/c1-16-5-4-9-7-11(14)10-6-8(13)2-3-12(10)15-9/h2-3,6,9H,4-5,7H2,1H3. The van der Waals surface area contributed by atoms with Crippen LogP contribution in [0.4, 0.5) is 4.39 Å². The van der Waals surface area contributed by atoms with Crippen molar-refractivity contribution >= 4 is 17.5 Å². The Kier molecular flexibility index (Phi) is 3.49. The van der Waals surface area contributed by atoms with Crippen molar-refractivity contribution in [3.8, 4) is 5.75 Å². The number of ketones is 1. The predicted octanol–water partition coefficient (Wildman–Crippen LogP) is 2.91. The van der Waals surface area contributed by atoms with Gasteiger partial charge in [0, 0.05) is 6.42 Å². The fourth-order valence-corrected chi connectivity index (χ4v) is 2.27. The van der Waals surface area contributed by atoms with E-state index in [-0.39, 0.29) is 11.9 Å². The highest BCUT2D eigenvalue weighted by atomic mass is 32.2. The Hall–Kier alpha value is -1.03. The van der Waals surface area contributed by atoms with Crippen LogP contribution >= 0.6 is 11.8 Å². The lowest BCUT2D eigenvalue weighted by Crippen LogP contribution is -2.27. The molecule has 1 aromatic carbocycles. The van der Waals surface area contributed by atoms with Crippen molar-refractivity contribution in [3.63, 3.8) is 0 Å². The normalized spacial score (nSPS) is 19.1. The first-order chi connectivity index (χ1) is 7.70. The molecular weight excluding hydrogens is 227 g/mol. The Morgan fingerprint density at radius 3 is 3.12 bits per heavy atom. The zero-order valence-corrected chi connectivity index (χ0v) is 9.85. The van der Waals surface area contributed by atoms with E-state index in [2.05, 4.69) is 0 Å². The molecule has 0 radical (unpaired) electrons. The van der Waals surface area contributed by atoms with Crippen LogP contribution in [-0.2, 0) is 0 Å². The van der Waals surface area contributed by atoms with Gasteiger partial charge in [0.15, 0.2) is 5.78 Å². The van der Waals surface area contributed by atoms with Crippen molar-refractivity contribution in [3.05, 3.63) is 29.6 Å². The van der Waals surface area contributed by atoms with Crippen molar-refractivity contribution in [2.75, 3.05) is 12.0 Å². The summed E-state index contributed by atoms with van der Waals surface area (Å²) in [6.07, 6.45) is 3.17. The number of hydrogen-bond donors (Lipinski definition) is 0. The van der Waals surface area contributed by atoms with E-state index in [1.807, 2.05) is 6.26 Å². The van der Waals surface area contributed by atoms with Crippen molar-refractivity contribution in [2.24, 2.45) is 0 Å². The lowest BCUT2D eigenvalue weighted by molar-refractivity contribution is 0.0846. The smallest absolute Gasteiger partial charge is 0.170 e. The van der Waals surface area contributed by atoms with Gasteiger partial charge in [0.2, 0.25) is 0 Å². The summed E-state index contributed by atoms with van der Waals surface area (Å²) in [5.41, 5.74) is 0.375. The number of hydrogen-bond acceptors (Lipinski definition) is 3. The highest BCUT2D eigenvalue weighted by molar-refractivity contribution is 7.98. The molecule has 1 aromatic rings. The molecule has 1 atom stereocenters. The van der Waals surface area contributed by atoms with E-state index < -0.39 is 5.82 Å². The van der Waals surface area contributed by atoms with Gasteiger partial charge < -0.3 is 4.74 Å². The molecule has 0 aromatic heterocycles. The minimum absolute atomic E-state index is 0.0214. The van der Waals surface area contributed by atoms with Crippen LogP contribution in [0.3, 0.4) is 0 Å². The summed E-state index contributed by atoms with van der Waals surface area (Å²) in [5, 5.41) is 0. The minimum atomic E-state index is -0.390. The summed E-state index contributed by atoms with van der Waals surface area (Å²) in [6, 6.07) is 4.11. The van der Waals surface area contributed by atoms with E-state index in [9.17, 15) is 9.18 Å². The van der Waals surface area contributed by atoms with Crippen LogP contribution in [-0.4, -0.2) is 23.9 Å². The monoisotopic (exact) mass is 240 g/mol. The Morgan fingerprint density at radius 2 is 2.38 bits per heavy atom. The molecule has 16 heavy (non-hydrogen) atoms. The quantitative estimate of drug-likeness (QED) is 0.812. The first-order valence-electron chi connectivity index (χ1n) is 5.19. The van der Waals surface area contributed by atoms with Gasteiger partial charge in [-0.25, -0.2) is 4.39 Å². The van der Waals surface area contributed by atoms with E-state index in [0.717, 1.165) is 12.2 Å². The lowest BCUT2D eigenvalue weighted by Gasteiger charge is -2.24. The molecule has 2 rings (SSSR count). The summed E-state index contributed by atoms with van der Waals surface area (Å²) in [5.74, 6) is 1.07. The molecule has 0 spiro atoms. The Bertz CT molecular complexity index is 406. The summed E-state index contributed by atoms with van der Waals surface area (Å²) >= 11 is 1.73. The van der Waals surface area contributed by atoms with Crippen LogP contribution < -0.4 is 4.74 Å². The van der Waals surface area contributed by atoms with Gasteiger partial charge in [-0.2, -0.15) is 11.8 Å². The number of fused-ring (bicyclic) bond motifs is 1. The molecule has 86 valence electrons. The minimum Gasteiger partial charge on any atom is -0.489 e. The first-order valence-corrected chi connectivity index (χ1v) is 6.58. The van der Waals surface area contributed by atoms with Crippen molar-refractivity contribution in [1.82, 2.24) is 0 Å². The highest BCUT2D eigenvalue weighted by Gasteiger charge is 2.26. The van der Waals surface area contributed by atoms with Gasteiger partial charge in [-0.3, -0.25) is 4.79 Å². The molecule has 1 unspecified atom stereocenters. The van der Waals surface area contributed by atoms with Crippen LogP contribution in [0.2, 0.25) is 0 Å². The lowest BCUT2D eigenvalue weighted by atomic mass is 9.99. The Morgan fingerprint density at radius 1 is 1.56 bits per heavy atom. The van der Waals surface area contributed by atoms with Crippen molar-refractivity contribution < 1.29 is 13.9 Å². The zero-order chi connectivity index (χ0) is 11.5. The van der Waals surface area contributed by atoms with E-state index in [4.69, 9.17) is 4.74 Å². The first kappa shape index (κ1) is 11.5. The van der Waals surface area contributed by atoms with Gasteiger partial charge in [-0.15, -0.1) is 0 Å². The van der Waals surface area contributed by atoms with Gasteiger partial charge in [-0.1, -0.05) is 0 Å². The van der Waals surface area contributed by atoms with E-state index in [0.29, 0.717) is 17.7 Å². The van der Waals surface area contributed by atoms with E-state index in [1.54, 1.807) is 11.8 Å². The molecule has 0 amide bonds. The van der Waals surface area contributed by atoms with E-state index in [1.165, 1.54) is 18.2 Å². The summed E-state index contributed by atoms with van der Waals surface area (Å²) < 4.78 is 18.6. The predicted molar refractivity (Wildman–Crippen MR) is 62.8 cm³/mol. The largest absolute Gasteiger partial charge is 0.489 e. The third-order valence-electron chi connectivity index (χ3n) is 2.59. The summed E-state index contributed by atoms with van der Waals surface area (Å²) in [4.78, 5) is 11.8. The van der Waals surface area contributed by atoms with Gasteiger partial charge >= 0.3 is 0 Å². The second kappa shape index (κ2) is 4.87. The average Bonchev–Trinajstić information content (AvgIpc) is 2.27. The van der Waals surface area contributed by atoms with Gasteiger partial charge in [0.1, 0.15) is 17.7 Å². The molecule has 0 saturated heterocycles. The molecule has 0 saturated carbocycles. The maximum Gasteiger partial charge on any atom is 0.170 e. The molecule has 4 heteroatoms. The van der Waals surface area contributed by atoms with Crippen LogP contribution in [0.5, 0.6) is 5.75 Å². The Labute approximate surface area is 98.2 Å². The maximum absolute atomic E-state index is 13.0. The number of carbonyl (C=O) groups is 1. The molecular formula is C12H13FO2S. The van der Waals surface area contributed by atoms with Crippen LogP contribution in [0, 0.1) is 5.82 Å². The number of carbonyl (C=O) groups excluding carboxylic acids is 1. The van der Waals surface area contributed by atoms with Crippen LogP contribution in [0.1, 0.15) is 23.2 Å². The Balaban J connectivity index is 2.17. The molecule has 2 nitrogen and oxygen atoms in total. The summed E-state index contributed by atoms with van der Waals surface area (Å²) in [6.45, 7) is 0. The molecule has 0 N–H and O–H groups in total. The fraction of sp³-hybridized carbons (Fsp3) is 0.417. The number of halogens is 1. The van der Waals surface area contributed by atoms with Gasteiger partial charge in [-0.05, 0) is 36.6 Å². The molecule has 0 aliphatic carbocycles. The molecule has 1 aliphatic heterocycles. The van der Waals surface area contributed by atoms with Gasteiger partial charge in [0.25, 0.3) is 0 Å². The molecule has 0 bridgehead atoms. The number of Topliss-reactive ketones (excluding diaryl/α,β-unsaturated/α-hetero) is 1. The number of ether oxygens (including phenoxy) is 1. The zero-order valence-electron chi connectivity index (χ0n) is 9.03. The molecule has 0 fully saturated rings. The number of benzene rings is 1. The van der Waals surface area contributed by atoms with Crippen LogP contribution in [0.25, 0.3) is 0 Å². The number of thioether (sulfide) groups is 1. The third kappa shape index (κ3) is 2.38. The maximum atomic E-state index is 13.0.